The van der Waals surface area contributed by atoms with E-state index in [1.54, 1.807) is 0 Å². The van der Waals surface area contributed by atoms with E-state index < -0.39 is 0 Å². The van der Waals surface area contributed by atoms with Gasteiger partial charge in [-0.05, 0) is 56.3 Å². The fourth-order valence-corrected chi connectivity index (χ4v) is 3.82. The third-order valence-electron chi connectivity index (χ3n) is 4.71. The van der Waals surface area contributed by atoms with Gasteiger partial charge in [-0.25, -0.2) is 0 Å². The molecule has 0 atom stereocenters. The van der Waals surface area contributed by atoms with Crippen LogP contribution in [-0.2, 0) is 0 Å². The SMILES string of the molecule is CC(C)CC(CN)(CC(C)C)N(CC1CC1)C1CC1. The minimum atomic E-state index is 0.270. The lowest BCUT2D eigenvalue weighted by Crippen LogP contribution is -2.57. The highest BCUT2D eigenvalue weighted by Crippen LogP contribution is 2.42. The standard InChI is InChI=1S/C17H34N2/c1-13(2)9-17(12-18,10-14(3)4)19(16-7-8-16)11-15-5-6-15/h13-16H,5-12,18H2,1-4H3. The van der Waals surface area contributed by atoms with Gasteiger partial charge in [-0.3, -0.25) is 4.90 Å². The molecule has 0 amide bonds. The van der Waals surface area contributed by atoms with E-state index in [0.29, 0.717) is 0 Å². The molecule has 0 bridgehead atoms. The van der Waals surface area contributed by atoms with Crippen LogP contribution in [0.25, 0.3) is 0 Å². The van der Waals surface area contributed by atoms with E-state index in [2.05, 4.69) is 32.6 Å². The maximum Gasteiger partial charge on any atom is 0.0339 e. The number of rotatable bonds is 9. The van der Waals surface area contributed by atoms with Crippen LogP contribution >= 0.6 is 0 Å². The van der Waals surface area contributed by atoms with Crippen molar-refractivity contribution in [3.8, 4) is 0 Å². The molecule has 0 aromatic heterocycles. The van der Waals surface area contributed by atoms with Crippen LogP contribution in [0.3, 0.4) is 0 Å². The van der Waals surface area contributed by atoms with Crippen LogP contribution in [0.1, 0.15) is 66.2 Å². The minimum absolute atomic E-state index is 0.270. The third kappa shape index (κ3) is 4.19. The number of nitrogens with zero attached hydrogens (tertiary/aromatic N) is 1. The highest BCUT2D eigenvalue weighted by molar-refractivity contribution is 5.01. The second-order valence-electron chi connectivity index (χ2n) is 7.95. The van der Waals surface area contributed by atoms with Crippen molar-refractivity contribution in [2.24, 2.45) is 23.5 Å². The van der Waals surface area contributed by atoms with Gasteiger partial charge in [0.05, 0.1) is 0 Å². The summed E-state index contributed by atoms with van der Waals surface area (Å²) in [6.07, 6.45) is 8.26. The summed E-state index contributed by atoms with van der Waals surface area (Å²) in [5.74, 6) is 2.45. The van der Waals surface area contributed by atoms with Crippen LogP contribution < -0.4 is 5.73 Å². The fourth-order valence-electron chi connectivity index (χ4n) is 3.82. The Kier molecular flexibility index (Phi) is 4.94. The maximum absolute atomic E-state index is 6.33. The van der Waals surface area contributed by atoms with Crippen molar-refractivity contribution in [2.45, 2.75) is 77.8 Å². The minimum Gasteiger partial charge on any atom is -0.329 e. The van der Waals surface area contributed by atoms with Gasteiger partial charge in [-0.15, -0.1) is 0 Å². The molecule has 2 saturated carbocycles. The molecule has 0 radical (unpaired) electrons. The Hall–Kier alpha value is -0.0800. The lowest BCUT2D eigenvalue weighted by molar-refractivity contribution is 0.0410. The van der Waals surface area contributed by atoms with Gasteiger partial charge in [-0.2, -0.15) is 0 Å². The molecule has 2 aliphatic rings. The Morgan fingerprint density at radius 2 is 1.53 bits per heavy atom. The monoisotopic (exact) mass is 266 g/mol. The van der Waals surface area contributed by atoms with Gasteiger partial charge in [0.2, 0.25) is 0 Å². The van der Waals surface area contributed by atoms with Gasteiger partial charge in [0.25, 0.3) is 0 Å². The van der Waals surface area contributed by atoms with E-state index in [9.17, 15) is 0 Å². The van der Waals surface area contributed by atoms with E-state index in [4.69, 9.17) is 5.73 Å². The average Bonchev–Trinajstić information content (AvgIpc) is 3.14. The van der Waals surface area contributed by atoms with Crippen molar-refractivity contribution in [3.05, 3.63) is 0 Å². The predicted octanol–water partition coefficient (Wildman–Crippen LogP) is 3.65. The summed E-state index contributed by atoms with van der Waals surface area (Å²) >= 11 is 0. The summed E-state index contributed by atoms with van der Waals surface area (Å²) in [5.41, 5.74) is 6.60. The molecule has 19 heavy (non-hydrogen) atoms. The molecule has 0 saturated heterocycles. The summed E-state index contributed by atoms with van der Waals surface area (Å²) < 4.78 is 0. The molecule has 0 spiro atoms. The summed E-state index contributed by atoms with van der Waals surface area (Å²) in [6, 6.07) is 0.849. The van der Waals surface area contributed by atoms with Crippen LogP contribution in [0.4, 0.5) is 0 Å². The predicted molar refractivity (Wildman–Crippen MR) is 83.1 cm³/mol. The second-order valence-corrected chi connectivity index (χ2v) is 7.95. The van der Waals surface area contributed by atoms with Crippen molar-refractivity contribution in [2.75, 3.05) is 13.1 Å². The molecule has 2 nitrogen and oxygen atoms in total. The zero-order valence-electron chi connectivity index (χ0n) is 13.5. The second kappa shape index (κ2) is 6.13. The molecule has 2 aliphatic carbocycles. The molecular weight excluding hydrogens is 232 g/mol. The molecule has 2 N–H and O–H groups in total. The molecule has 2 fully saturated rings. The number of nitrogens with two attached hydrogens (primary N) is 1. The molecule has 2 heteroatoms. The van der Waals surface area contributed by atoms with Crippen molar-refractivity contribution in [3.63, 3.8) is 0 Å². The summed E-state index contributed by atoms with van der Waals surface area (Å²) in [6.45, 7) is 11.6. The van der Waals surface area contributed by atoms with Crippen LogP contribution in [-0.4, -0.2) is 29.6 Å². The first-order valence-electron chi connectivity index (χ1n) is 8.43. The highest BCUT2D eigenvalue weighted by Gasteiger charge is 2.45. The molecule has 2 rings (SSSR count). The zero-order chi connectivity index (χ0) is 14.0. The van der Waals surface area contributed by atoms with Crippen LogP contribution in [0, 0.1) is 17.8 Å². The molecule has 0 aromatic rings. The normalized spacial score (nSPS) is 20.8. The topological polar surface area (TPSA) is 29.3 Å². The van der Waals surface area contributed by atoms with Crippen LogP contribution in [0.2, 0.25) is 0 Å². The fraction of sp³-hybridized carbons (Fsp3) is 1.00. The van der Waals surface area contributed by atoms with E-state index >= 15 is 0 Å². The van der Waals surface area contributed by atoms with Gasteiger partial charge in [0.1, 0.15) is 0 Å². The quantitative estimate of drug-likeness (QED) is 0.690. The van der Waals surface area contributed by atoms with E-state index in [0.717, 1.165) is 30.3 Å². The van der Waals surface area contributed by atoms with Gasteiger partial charge in [0, 0.05) is 24.7 Å². The van der Waals surface area contributed by atoms with Crippen molar-refractivity contribution < 1.29 is 0 Å². The largest absolute Gasteiger partial charge is 0.329 e. The van der Waals surface area contributed by atoms with Gasteiger partial charge in [-0.1, -0.05) is 27.7 Å². The number of hydrogen-bond donors (Lipinski definition) is 1. The summed E-state index contributed by atoms with van der Waals surface area (Å²) in [4.78, 5) is 2.85. The highest BCUT2D eigenvalue weighted by atomic mass is 15.3. The van der Waals surface area contributed by atoms with Gasteiger partial charge < -0.3 is 5.73 Å². The molecule has 0 unspecified atom stereocenters. The Bertz CT molecular complexity index is 267. The molecule has 0 heterocycles. The molecule has 0 aliphatic heterocycles. The van der Waals surface area contributed by atoms with Gasteiger partial charge in [0.15, 0.2) is 0 Å². The summed E-state index contributed by atoms with van der Waals surface area (Å²) in [5, 5.41) is 0. The lowest BCUT2D eigenvalue weighted by Gasteiger charge is -2.46. The van der Waals surface area contributed by atoms with Crippen molar-refractivity contribution >= 4 is 0 Å². The Morgan fingerprint density at radius 3 is 1.84 bits per heavy atom. The first-order chi connectivity index (χ1) is 8.97. The summed E-state index contributed by atoms with van der Waals surface area (Å²) in [7, 11) is 0. The first-order valence-corrected chi connectivity index (χ1v) is 8.43. The third-order valence-corrected chi connectivity index (χ3v) is 4.71. The van der Waals surface area contributed by atoms with E-state index in [1.165, 1.54) is 45.1 Å². The lowest BCUT2D eigenvalue weighted by atomic mass is 9.80. The van der Waals surface area contributed by atoms with Crippen molar-refractivity contribution in [1.82, 2.24) is 4.90 Å². The van der Waals surface area contributed by atoms with Gasteiger partial charge >= 0.3 is 0 Å². The molecule has 0 aromatic carbocycles. The Morgan fingerprint density at radius 1 is 1.00 bits per heavy atom. The van der Waals surface area contributed by atoms with E-state index in [1.807, 2.05) is 0 Å². The van der Waals surface area contributed by atoms with Crippen LogP contribution in [0.15, 0.2) is 0 Å². The zero-order valence-corrected chi connectivity index (χ0v) is 13.5. The Labute approximate surface area is 120 Å². The maximum atomic E-state index is 6.33. The van der Waals surface area contributed by atoms with E-state index in [-0.39, 0.29) is 5.54 Å². The Balaban J connectivity index is 2.14. The first kappa shape index (κ1) is 15.3. The number of hydrogen-bond acceptors (Lipinski definition) is 2. The van der Waals surface area contributed by atoms with Crippen molar-refractivity contribution in [1.29, 1.82) is 0 Å². The molecule has 112 valence electrons. The molecular formula is C17H34N2. The smallest absolute Gasteiger partial charge is 0.0339 e. The average molecular weight is 266 g/mol. The van der Waals surface area contributed by atoms with Crippen LogP contribution in [0.5, 0.6) is 0 Å².